The highest BCUT2D eigenvalue weighted by Gasteiger charge is 2.51. The molecule has 0 aromatic carbocycles. The van der Waals surface area contributed by atoms with E-state index in [9.17, 15) is 0 Å². The first kappa shape index (κ1) is 12.9. The van der Waals surface area contributed by atoms with Crippen molar-refractivity contribution in [3.8, 4) is 0 Å². The highest BCUT2D eigenvalue weighted by atomic mass is 15.3. The van der Waals surface area contributed by atoms with E-state index in [1.165, 1.54) is 45.2 Å². The molecular formula is C15H29N3. The number of rotatable bonds is 2. The Kier molecular flexibility index (Phi) is 3.00. The molecule has 0 amide bonds. The van der Waals surface area contributed by atoms with Gasteiger partial charge in [0, 0.05) is 30.7 Å². The van der Waals surface area contributed by atoms with Gasteiger partial charge in [0.2, 0.25) is 0 Å². The SMILES string of the molecule is CN1C2CCC1CC(CN)(N1CCC(C)(C)C1)C2. The molecule has 3 heteroatoms. The summed E-state index contributed by atoms with van der Waals surface area (Å²) in [6.07, 6.45) is 6.71. The molecule has 3 aliphatic rings. The maximum absolute atomic E-state index is 6.24. The third kappa shape index (κ3) is 1.91. The predicted octanol–water partition coefficient (Wildman–Crippen LogP) is 1.67. The molecule has 104 valence electrons. The van der Waals surface area contributed by atoms with E-state index < -0.39 is 0 Å². The zero-order valence-electron chi connectivity index (χ0n) is 12.3. The van der Waals surface area contributed by atoms with Gasteiger partial charge in [0.15, 0.2) is 0 Å². The minimum atomic E-state index is 0.312. The fourth-order valence-corrected chi connectivity index (χ4v) is 4.61. The number of hydrogen-bond donors (Lipinski definition) is 1. The largest absolute Gasteiger partial charge is 0.329 e. The van der Waals surface area contributed by atoms with Crippen LogP contribution in [0.4, 0.5) is 0 Å². The maximum atomic E-state index is 6.24. The molecule has 3 aliphatic heterocycles. The number of nitrogens with two attached hydrogens (primary N) is 1. The molecule has 18 heavy (non-hydrogen) atoms. The van der Waals surface area contributed by atoms with Crippen LogP contribution < -0.4 is 5.73 Å². The summed E-state index contributed by atoms with van der Waals surface area (Å²) in [4.78, 5) is 5.36. The first-order valence-electron chi connectivity index (χ1n) is 7.63. The highest BCUT2D eigenvalue weighted by Crippen LogP contribution is 2.45. The summed E-state index contributed by atoms with van der Waals surface area (Å²) in [6, 6.07) is 1.58. The van der Waals surface area contributed by atoms with Crippen LogP contribution in [-0.2, 0) is 0 Å². The third-order valence-electron chi connectivity index (χ3n) is 5.94. The molecule has 0 aliphatic carbocycles. The minimum Gasteiger partial charge on any atom is -0.329 e. The van der Waals surface area contributed by atoms with Gasteiger partial charge in [0.1, 0.15) is 0 Å². The Morgan fingerprint density at radius 1 is 1.17 bits per heavy atom. The first-order chi connectivity index (χ1) is 8.46. The highest BCUT2D eigenvalue weighted by molar-refractivity contribution is 5.08. The van der Waals surface area contributed by atoms with Gasteiger partial charge in [-0.3, -0.25) is 4.90 Å². The normalized spacial score (nSPS) is 44.7. The van der Waals surface area contributed by atoms with Crippen molar-refractivity contribution in [2.24, 2.45) is 11.1 Å². The Morgan fingerprint density at radius 3 is 2.22 bits per heavy atom. The molecule has 2 bridgehead atoms. The summed E-state index contributed by atoms with van der Waals surface area (Å²) in [5.41, 5.74) is 7.05. The molecule has 2 unspecified atom stereocenters. The monoisotopic (exact) mass is 251 g/mol. The van der Waals surface area contributed by atoms with Gasteiger partial charge in [-0.2, -0.15) is 0 Å². The molecule has 3 saturated heterocycles. The van der Waals surface area contributed by atoms with Crippen LogP contribution >= 0.6 is 0 Å². The fraction of sp³-hybridized carbons (Fsp3) is 1.00. The van der Waals surface area contributed by atoms with Gasteiger partial charge >= 0.3 is 0 Å². The zero-order chi connectivity index (χ0) is 13.0. The van der Waals surface area contributed by atoms with Crippen molar-refractivity contribution in [3.05, 3.63) is 0 Å². The summed E-state index contributed by atoms with van der Waals surface area (Å²) in [5.74, 6) is 0. The van der Waals surface area contributed by atoms with Gasteiger partial charge in [0.25, 0.3) is 0 Å². The topological polar surface area (TPSA) is 32.5 Å². The van der Waals surface area contributed by atoms with E-state index >= 15 is 0 Å². The van der Waals surface area contributed by atoms with Crippen molar-refractivity contribution in [2.45, 2.75) is 63.6 Å². The van der Waals surface area contributed by atoms with E-state index in [1.807, 2.05) is 0 Å². The van der Waals surface area contributed by atoms with E-state index in [-0.39, 0.29) is 0 Å². The molecule has 0 spiro atoms. The molecule has 0 aromatic rings. The molecule has 2 N–H and O–H groups in total. The smallest absolute Gasteiger partial charge is 0.0361 e. The van der Waals surface area contributed by atoms with Crippen molar-refractivity contribution < 1.29 is 0 Å². The lowest BCUT2D eigenvalue weighted by Gasteiger charge is -2.50. The van der Waals surface area contributed by atoms with Crippen LogP contribution in [-0.4, -0.2) is 54.1 Å². The van der Waals surface area contributed by atoms with E-state index in [0.717, 1.165) is 18.6 Å². The van der Waals surface area contributed by atoms with Gasteiger partial charge < -0.3 is 10.6 Å². The van der Waals surface area contributed by atoms with Crippen molar-refractivity contribution >= 4 is 0 Å². The van der Waals surface area contributed by atoms with E-state index in [2.05, 4.69) is 30.7 Å². The summed E-state index contributed by atoms with van der Waals surface area (Å²) in [7, 11) is 2.32. The van der Waals surface area contributed by atoms with Gasteiger partial charge in [-0.1, -0.05) is 13.8 Å². The quantitative estimate of drug-likeness (QED) is 0.810. The number of fused-ring (bicyclic) bond motifs is 2. The lowest BCUT2D eigenvalue weighted by Crippen LogP contribution is -2.61. The lowest BCUT2D eigenvalue weighted by molar-refractivity contribution is 0.00979. The van der Waals surface area contributed by atoms with Crippen LogP contribution in [0.3, 0.4) is 0 Å². The summed E-state index contributed by atoms with van der Waals surface area (Å²) < 4.78 is 0. The fourth-order valence-electron chi connectivity index (χ4n) is 4.61. The van der Waals surface area contributed by atoms with E-state index in [4.69, 9.17) is 5.73 Å². The standard InChI is InChI=1S/C15H29N3/c1-14(2)6-7-18(11-14)15(10-16)8-12-4-5-13(9-15)17(12)3/h12-13H,4-11,16H2,1-3H3. The Labute approximate surface area is 112 Å². The van der Waals surface area contributed by atoms with E-state index in [0.29, 0.717) is 11.0 Å². The number of nitrogens with zero attached hydrogens (tertiary/aromatic N) is 2. The van der Waals surface area contributed by atoms with Crippen LogP contribution in [0.5, 0.6) is 0 Å². The Hall–Kier alpha value is -0.120. The van der Waals surface area contributed by atoms with Gasteiger partial charge in [-0.05, 0) is 51.1 Å². The number of piperidine rings is 1. The molecule has 0 aromatic heterocycles. The molecule has 3 heterocycles. The van der Waals surface area contributed by atoms with Crippen LogP contribution in [0.2, 0.25) is 0 Å². The van der Waals surface area contributed by atoms with Gasteiger partial charge in [-0.25, -0.2) is 0 Å². The van der Waals surface area contributed by atoms with Crippen molar-refractivity contribution in [3.63, 3.8) is 0 Å². The van der Waals surface area contributed by atoms with Crippen LogP contribution in [0.15, 0.2) is 0 Å². The summed E-state index contributed by atoms with van der Waals surface area (Å²) in [6.45, 7) is 8.16. The zero-order valence-corrected chi connectivity index (χ0v) is 12.3. The Balaban J connectivity index is 1.80. The average molecular weight is 251 g/mol. The summed E-state index contributed by atoms with van der Waals surface area (Å²) in [5, 5.41) is 0. The second-order valence-corrected chi connectivity index (χ2v) is 7.72. The van der Waals surface area contributed by atoms with Crippen molar-refractivity contribution in [2.75, 3.05) is 26.7 Å². The van der Waals surface area contributed by atoms with E-state index in [1.54, 1.807) is 0 Å². The van der Waals surface area contributed by atoms with Crippen LogP contribution in [0.1, 0.15) is 46.0 Å². The van der Waals surface area contributed by atoms with Gasteiger partial charge in [-0.15, -0.1) is 0 Å². The van der Waals surface area contributed by atoms with Crippen molar-refractivity contribution in [1.29, 1.82) is 0 Å². The third-order valence-corrected chi connectivity index (χ3v) is 5.94. The molecule has 3 rings (SSSR count). The van der Waals surface area contributed by atoms with Crippen LogP contribution in [0, 0.1) is 5.41 Å². The molecular weight excluding hydrogens is 222 g/mol. The second kappa shape index (κ2) is 4.19. The van der Waals surface area contributed by atoms with Gasteiger partial charge in [0.05, 0.1) is 0 Å². The lowest BCUT2D eigenvalue weighted by atomic mass is 9.81. The molecule has 3 fully saturated rings. The average Bonchev–Trinajstić information content (AvgIpc) is 2.77. The Morgan fingerprint density at radius 2 is 1.78 bits per heavy atom. The minimum absolute atomic E-state index is 0.312. The molecule has 0 saturated carbocycles. The number of likely N-dealkylation sites (tertiary alicyclic amines) is 1. The molecule has 0 radical (unpaired) electrons. The number of hydrogen-bond acceptors (Lipinski definition) is 3. The first-order valence-corrected chi connectivity index (χ1v) is 7.63. The van der Waals surface area contributed by atoms with Crippen molar-refractivity contribution in [1.82, 2.24) is 9.80 Å². The summed E-state index contributed by atoms with van der Waals surface area (Å²) >= 11 is 0. The molecule has 3 nitrogen and oxygen atoms in total. The van der Waals surface area contributed by atoms with Crippen LogP contribution in [0.25, 0.3) is 0 Å². The Bertz CT molecular complexity index is 312. The predicted molar refractivity (Wildman–Crippen MR) is 75.6 cm³/mol. The maximum Gasteiger partial charge on any atom is 0.0361 e. The molecule has 2 atom stereocenters. The second-order valence-electron chi connectivity index (χ2n) is 7.72.